The van der Waals surface area contributed by atoms with Crippen LogP contribution >= 0.6 is 15.9 Å². The summed E-state index contributed by atoms with van der Waals surface area (Å²) in [7, 11) is 0. The van der Waals surface area contributed by atoms with Crippen LogP contribution in [0.4, 0.5) is 4.79 Å². The van der Waals surface area contributed by atoms with Crippen LogP contribution in [-0.2, 0) is 6.54 Å². The molecule has 1 N–H and O–H groups in total. The molecular formula is C7H8BrNO2. The van der Waals surface area contributed by atoms with Gasteiger partial charge in [0.1, 0.15) is 11.5 Å². The summed E-state index contributed by atoms with van der Waals surface area (Å²) in [5, 5.41) is 2.56. The topological polar surface area (TPSA) is 42.2 Å². The highest BCUT2D eigenvalue weighted by Gasteiger charge is 1.98. The van der Waals surface area contributed by atoms with Crippen LogP contribution in [0.5, 0.6) is 0 Å². The smallest absolute Gasteiger partial charge is 0.287 e. The summed E-state index contributed by atoms with van der Waals surface area (Å²) < 4.78 is 5.20. The van der Waals surface area contributed by atoms with Gasteiger partial charge in [0.25, 0.3) is 4.82 Å². The Morgan fingerprint density at radius 2 is 2.45 bits per heavy atom. The highest BCUT2D eigenvalue weighted by Crippen LogP contribution is 2.05. The molecule has 0 atom stereocenters. The first-order chi connectivity index (χ1) is 5.18. The molecule has 60 valence electrons. The number of carbonyl (C=O) groups excluding carboxylic acids is 1. The fraction of sp³-hybridized carbons (Fsp3) is 0.286. The highest BCUT2D eigenvalue weighted by atomic mass is 79.9. The van der Waals surface area contributed by atoms with Gasteiger partial charge < -0.3 is 9.73 Å². The van der Waals surface area contributed by atoms with Crippen molar-refractivity contribution < 1.29 is 9.21 Å². The normalized spacial score (nSPS) is 9.64. The summed E-state index contributed by atoms with van der Waals surface area (Å²) in [5.41, 5.74) is 0. The number of nitrogens with one attached hydrogen (secondary N) is 1. The Labute approximate surface area is 72.9 Å². The summed E-state index contributed by atoms with van der Waals surface area (Å²) in [6.45, 7) is 2.29. The molecule has 11 heavy (non-hydrogen) atoms. The molecule has 0 radical (unpaired) electrons. The minimum Gasteiger partial charge on any atom is -0.465 e. The minimum absolute atomic E-state index is 0.230. The van der Waals surface area contributed by atoms with Crippen molar-refractivity contribution in [1.82, 2.24) is 5.32 Å². The number of rotatable bonds is 2. The van der Waals surface area contributed by atoms with E-state index in [-0.39, 0.29) is 4.82 Å². The molecule has 0 aliphatic rings. The van der Waals surface area contributed by atoms with E-state index < -0.39 is 0 Å². The maximum Gasteiger partial charge on any atom is 0.287 e. The lowest BCUT2D eigenvalue weighted by atomic mass is 10.4. The van der Waals surface area contributed by atoms with Crippen LogP contribution in [0.25, 0.3) is 0 Å². The van der Waals surface area contributed by atoms with E-state index >= 15 is 0 Å². The molecule has 1 heterocycles. The first-order valence-corrected chi connectivity index (χ1v) is 3.96. The lowest BCUT2D eigenvalue weighted by Gasteiger charge is -1.95. The molecule has 0 aliphatic heterocycles. The molecule has 1 rings (SSSR count). The van der Waals surface area contributed by atoms with E-state index in [2.05, 4.69) is 21.2 Å². The summed E-state index contributed by atoms with van der Waals surface area (Å²) >= 11 is 2.75. The molecule has 0 aliphatic carbocycles. The summed E-state index contributed by atoms with van der Waals surface area (Å²) in [6.07, 6.45) is 0. The zero-order valence-electron chi connectivity index (χ0n) is 6.06. The van der Waals surface area contributed by atoms with Gasteiger partial charge in [-0.3, -0.25) is 4.79 Å². The second kappa shape index (κ2) is 3.57. The number of hydrogen-bond donors (Lipinski definition) is 1. The highest BCUT2D eigenvalue weighted by molar-refractivity contribution is 9.18. The SMILES string of the molecule is Cc1ccc(CNC(=O)Br)o1. The third-order valence-corrected chi connectivity index (χ3v) is 1.48. The van der Waals surface area contributed by atoms with Gasteiger partial charge in [-0.2, -0.15) is 0 Å². The quantitative estimate of drug-likeness (QED) is 0.610. The lowest BCUT2D eigenvalue weighted by Crippen LogP contribution is -2.14. The van der Waals surface area contributed by atoms with E-state index in [1.165, 1.54) is 0 Å². The summed E-state index contributed by atoms with van der Waals surface area (Å²) in [4.78, 5) is 10.2. The number of carbonyl (C=O) groups is 1. The molecule has 0 aromatic carbocycles. The van der Waals surface area contributed by atoms with Gasteiger partial charge in [-0.05, 0) is 19.1 Å². The van der Waals surface area contributed by atoms with Crippen LogP contribution in [0.3, 0.4) is 0 Å². The lowest BCUT2D eigenvalue weighted by molar-refractivity contribution is 0.260. The van der Waals surface area contributed by atoms with Crippen LogP contribution in [0, 0.1) is 6.92 Å². The van der Waals surface area contributed by atoms with Gasteiger partial charge in [0.05, 0.1) is 6.54 Å². The fourth-order valence-corrected chi connectivity index (χ4v) is 0.877. The summed E-state index contributed by atoms with van der Waals surface area (Å²) in [6, 6.07) is 3.69. The largest absolute Gasteiger partial charge is 0.465 e. The second-order valence-electron chi connectivity index (χ2n) is 2.14. The van der Waals surface area contributed by atoms with Crippen molar-refractivity contribution in [2.45, 2.75) is 13.5 Å². The van der Waals surface area contributed by atoms with Crippen molar-refractivity contribution in [2.75, 3.05) is 0 Å². The average molecular weight is 218 g/mol. The third kappa shape index (κ3) is 2.76. The fourth-order valence-electron chi connectivity index (χ4n) is 0.737. The maximum absolute atomic E-state index is 10.4. The van der Waals surface area contributed by atoms with E-state index in [1.54, 1.807) is 0 Å². The minimum atomic E-state index is -0.230. The predicted octanol–water partition coefficient (Wildman–Crippen LogP) is 2.19. The van der Waals surface area contributed by atoms with Gasteiger partial charge in [0, 0.05) is 15.9 Å². The van der Waals surface area contributed by atoms with Crippen LogP contribution in [0.15, 0.2) is 16.5 Å². The molecule has 0 unspecified atom stereocenters. The Morgan fingerprint density at radius 1 is 1.73 bits per heavy atom. The van der Waals surface area contributed by atoms with Gasteiger partial charge in [0.15, 0.2) is 0 Å². The van der Waals surface area contributed by atoms with E-state index in [0.29, 0.717) is 6.54 Å². The van der Waals surface area contributed by atoms with Crippen LogP contribution in [0.2, 0.25) is 0 Å². The first kappa shape index (κ1) is 8.33. The molecule has 1 aromatic rings. The Morgan fingerprint density at radius 3 is 2.91 bits per heavy atom. The van der Waals surface area contributed by atoms with Crippen molar-refractivity contribution in [3.63, 3.8) is 0 Å². The number of furan rings is 1. The predicted molar refractivity (Wildman–Crippen MR) is 44.6 cm³/mol. The number of halogens is 1. The number of aryl methyl sites for hydroxylation is 1. The van der Waals surface area contributed by atoms with E-state index in [9.17, 15) is 4.79 Å². The van der Waals surface area contributed by atoms with Gasteiger partial charge in [-0.25, -0.2) is 0 Å². The summed E-state index contributed by atoms with van der Waals surface area (Å²) in [5.74, 6) is 1.61. The molecular weight excluding hydrogens is 210 g/mol. The van der Waals surface area contributed by atoms with Crippen molar-refractivity contribution in [3.8, 4) is 0 Å². The zero-order valence-corrected chi connectivity index (χ0v) is 7.64. The van der Waals surface area contributed by atoms with E-state index in [1.807, 2.05) is 19.1 Å². The second-order valence-corrected chi connectivity index (χ2v) is 2.86. The monoisotopic (exact) mass is 217 g/mol. The molecule has 1 aromatic heterocycles. The Balaban J connectivity index is 2.45. The van der Waals surface area contributed by atoms with Crippen LogP contribution in [0.1, 0.15) is 11.5 Å². The standard InChI is InChI=1S/C7H8BrNO2/c1-5-2-3-6(11-5)4-9-7(8)10/h2-3H,4H2,1H3,(H,9,10). The maximum atomic E-state index is 10.4. The number of amides is 1. The molecule has 4 heteroatoms. The molecule has 0 saturated carbocycles. The molecule has 3 nitrogen and oxygen atoms in total. The zero-order chi connectivity index (χ0) is 8.27. The van der Waals surface area contributed by atoms with Crippen molar-refractivity contribution >= 4 is 20.7 Å². The molecule has 0 bridgehead atoms. The van der Waals surface area contributed by atoms with Gasteiger partial charge >= 0.3 is 0 Å². The molecule has 0 saturated heterocycles. The Bertz CT molecular complexity index is 257. The van der Waals surface area contributed by atoms with E-state index in [0.717, 1.165) is 11.5 Å². The van der Waals surface area contributed by atoms with Gasteiger partial charge in [-0.1, -0.05) is 0 Å². The van der Waals surface area contributed by atoms with E-state index in [4.69, 9.17) is 4.42 Å². The third-order valence-electron chi connectivity index (χ3n) is 1.20. The van der Waals surface area contributed by atoms with Gasteiger partial charge in [0.2, 0.25) is 0 Å². The van der Waals surface area contributed by atoms with Crippen LogP contribution < -0.4 is 5.32 Å². The average Bonchev–Trinajstić information content (AvgIpc) is 2.31. The Hall–Kier alpha value is -0.770. The number of hydrogen-bond acceptors (Lipinski definition) is 2. The Kier molecular flexibility index (Phi) is 2.70. The van der Waals surface area contributed by atoms with Gasteiger partial charge in [-0.15, -0.1) is 0 Å². The molecule has 0 fully saturated rings. The molecule has 1 amide bonds. The van der Waals surface area contributed by atoms with Crippen molar-refractivity contribution in [3.05, 3.63) is 23.7 Å². The first-order valence-electron chi connectivity index (χ1n) is 3.17. The van der Waals surface area contributed by atoms with Crippen molar-refractivity contribution in [2.24, 2.45) is 0 Å². The van der Waals surface area contributed by atoms with Crippen LogP contribution in [-0.4, -0.2) is 4.82 Å². The van der Waals surface area contributed by atoms with Crippen molar-refractivity contribution in [1.29, 1.82) is 0 Å². The molecule has 0 spiro atoms.